The van der Waals surface area contributed by atoms with Gasteiger partial charge in [-0.3, -0.25) is 4.40 Å². The van der Waals surface area contributed by atoms with Crippen molar-refractivity contribution in [2.45, 2.75) is 6.54 Å². The summed E-state index contributed by atoms with van der Waals surface area (Å²) in [7, 11) is 0. The molecule has 2 aromatic heterocycles. The summed E-state index contributed by atoms with van der Waals surface area (Å²) < 4.78 is 1.95. The van der Waals surface area contributed by atoms with E-state index >= 15 is 0 Å². The number of aromatic nitrogens is 3. The SMILES string of the molecule is NCc1cccc2nnc(-c3cccc(Cl)c3)n12. The third-order valence-corrected chi connectivity index (χ3v) is 3.04. The number of hydrogen-bond acceptors (Lipinski definition) is 3. The van der Waals surface area contributed by atoms with Crippen molar-refractivity contribution < 1.29 is 0 Å². The molecule has 18 heavy (non-hydrogen) atoms. The smallest absolute Gasteiger partial charge is 0.168 e. The highest BCUT2D eigenvalue weighted by Crippen LogP contribution is 2.22. The number of halogens is 1. The van der Waals surface area contributed by atoms with Crippen molar-refractivity contribution in [3.8, 4) is 11.4 Å². The second-order valence-electron chi connectivity index (χ2n) is 3.95. The Morgan fingerprint density at radius 3 is 2.72 bits per heavy atom. The molecule has 0 aliphatic rings. The Morgan fingerprint density at radius 2 is 1.94 bits per heavy atom. The molecule has 1 aromatic carbocycles. The van der Waals surface area contributed by atoms with E-state index in [9.17, 15) is 0 Å². The van der Waals surface area contributed by atoms with Crippen molar-refractivity contribution in [3.63, 3.8) is 0 Å². The fourth-order valence-corrected chi connectivity index (χ4v) is 2.17. The van der Waals surface area contributed by atoms with Crippen molar-refractivity contribution in [1.29, 1.82) is 0 Å². The largest absolute Gasteiger partial charge is 0.325 e. The van der Waals surface area contributed by atoms with Crippen LogP contribution in [0.3, 0.4) is 0 Å². The minimum atomic E-state index is 0.433. The molecule has 0 radical (unpaired) electrons. The van der Waals surface area contributed by atoms with Crippen LogP contribution in [0.15, 0.2) is 42.5 Å². The molecule has 0 aliphatic heterocycles. The zero-order valence-corrected chi connectivity index (χ0v) is 10.3. The standard InChI is InChI=1S/C13H11ClN4/c14-10-4-1-3-9(7-10)13-17-16-12-6-2-5-11(8-15)18(12)13/h1-7H,8,15H2. The average molecular weight is 259 g/mol. The Bertz CT molecular complexity index is 705. The van der Waals surface area contributed by atoms with Gasteiger partial charge in [-0.25, -0.2) is 0 Å². The Kier molecular flexibility index (Phi) is 2.74. The van der Waals surface area contributed by atoms with Gasteiger partial charge in [0.1, 0.15) is 0 Å². The van der Waals surface area contributed by atoms with E-state index in [0.717, 1.165) is 22.7 Å². The van der Waals surface area contributed by atoms with Gasteiger partial charge in [-0.2, -0.15) is 0 Å². The summed E-state index contributed by atoms with van der Waals surface area (Å²) in [6, 6.07) is 13.3. The topological polar surface area (TPSA) is 56.2 Å². The average Bonchev–Trinajstić information content (AvgIpc) is 2.82. The number of benzene rings is 1. The van der Waals surface area contributed by atoms with Crippen LogP contribution in [0.25, 0.3) is 17.0 Å². The van der Waals surface area contributed by atoms with Gasteiger partial charge in [0.25, 0.3) is 0 Å². The monoisotopic (exact) mass is 258 g/mol. The second-order valence-corrected chi connectivity index (χ2v) is 4.39. The summed E-state index contributed by atoms with van der Waals surface area (Å²) >= 11 is 6.00. The molecule has 0 atom stereocenters. The lowest BCUT2D eigenvalue weighted by Crippen LogP contribution is -2.04. The van der Waals surface area contributed by atoms with E-state index in [1.54, 1.807) is 0 Å². The summed E-state index contributed by atoms with van der Waals surface area (Å²) in [6.45, 7) is 0.433. The first kappa shape index (κ1) is 11.2. The molecule has 3 rings (SSSR count). The molecule has 0 fully saturated rings. The molecule has 0 aliphatic carbocycles. The molecule has 0 spiro atoms. The molecule has 0 saturated carbocycles. The fraction of sp³-hybridized carbons (Fsp3) is 0.0769. The highest BCUT2D eigenvalue weighted by atomic mass is 35.5. The molecular formula is C13H11ClN4. The van der Waals surface area contributed by atoms with Gasteiger partial charge in [0, 0.05) is 22.8 Å². The maximum Gasteiger partial charge on any atom is 0.168 e. The van der Waals surface area contributed by atoms with Crippen LogP contribution in [0.2, 0.25) is 5.02 Å². The molecule has 4 nitrogen and oxygen atoms in total. The fourth-order valence-electron chi connectivity index (χ4n) is 1.98. The maximum atomic E-state index is 6.00. The Hall–Kier alpha value is -1.91. The summed E-state index contributed by atoms with van der Waals surface area (Å²) in [5.41, 5.74) is 8.43. The van der Waals surface area contributed by atoms with Crippen molar-refractivity contribution in [2.24, 2.45) is 5.73 Å². The third kappa shape index (κ3) is 1.75. The van der Waals surface area contributed by atoms with Crippen LogP contribution in [0.1, 0.15) is 5.69 Å². The molecule has 0 unspecified atom stereocenters. The Balaban J connectivity index is 2.30. The zero-order valence-electron chi connectivity index (χ0n) is 9.55. The van der Waals surface area contributed by atoms with Crippen LogP contribution >= 0.6 is 11.6 Å². The molecule has 2 heterocycles. The summed E-state index contributed by atoms with van der Waals surface area (Å²) in [5, 5.41) is 9.04. The van der Waals surface area contributed by atoms with Crippen LogP contribution < -0.4 is 5.73 Å². The van der Waals surface area contributed by atoms with Gasteiger partial charge < -0.3 is 5.73 Å². The number of hydrogen-bond donors (Lipinski definition) is 1. The molecule has 3 aromatic rings. The first-order valence-electron chi connectivity index (χ1n) is 5.58. The molecule has 5 heteroatoms. The third-order valence-electron chi connectivity index (χ3n) is 2.80. The van der Waals surface area contributed by atoms with Gasteiger partial charge in [-0.15, -0.1) is 10.2 Å². The summed E-state index contributed by atoms with van der Waals surface area (Å²) in [4.78, 5) is 0. The van der Waals surface area contributed by atoms with E-state index in [4.69, 9.17) is 17.3 Å². The lowest BCUT2D eigenvalue weighted by atomic mass is 10.2. The molecule has 2 N–H and O–H groups in total. The highest BCUT2D eigenvalue weighted by molar-refractivity contribution is 6.30. The quantitative estimate of drug-likeness (QED) is 0.768. The molecule has 0 saturated heterocycles. The number of nitrogens with two attached hydrogens (primary N) is 1. The Morgan fingerprint density at radius 1 is 1.11 bits per heavy atom. The van der Waals surface area contributed by atoms with E-state index in [1.165, 1.54) is 0 Å². The predicted octanol–water partition coefficient (Wildman–Crippen LogP) is 2.51. The van der Waals surface area contributed by atoms with Crippen LogP contribution in [0.5, 0.6) is 0 Å². The van der Waals surface area contributed by atoms with E-state index in [1.807, 2.05) is 46.9 Å². The molecule has 0 amide bonds. The van der Waals surface area contributed by atoms with Gasteiger partial charge in [0.2, 0.25) is 0 Å². The summed E-state index contributed by atoms with van der Waals surface area (Å²) in [6.07, 6.45) is 0. The van der Waals surface area contributed by atoms with Crippen molar-refractivity contribution in [2.75, 3.05) is 0 Å². The Labute approximate surface area is 109 Å². The van der Waals surface area contributed by atoms with Crippen LogP contribution in [0, 0.1) is 0 Å². The van der Waals surface area contributed by atoms with Crippen molar-refractivity contribution >= 4 is 17.2 Å². The second kappa shape index (κ2) is 4.40. The van der Waals surface area contributed by atoms with Gasteiger partial charge >= 0.3 is 0 Å². The first-order valence-corrected chi connectivity index (χ1v) is 5.96. The molecular weight excluding hydrogens is 248 g/mol. The number of pyridine rings is 1. The lowest BCUT2D eigenvalue weighted by Gasteiger charge is -2.05. The summed E-state index contributed by atoms with van der Waals surface area (Å²) in [5.74, 6) is 0.758. The first-order chi connectivity index (χ1) is 8.79. The zero-order chi connectivity index (χ0) is 12.5. The van der Waals surface area contributed by atoms with E-state index in [2.05, 4.69) is 10.2 Å². The van der Waals surface area contributed by atoms with E-state index < -0.39 is 0 Å². The highest BCUT2D eigenvalue weighted by Gasteiger charge is 2.10. The van der Waals surface area contributed by atoms with Crippen molar-refractivity contribution in [1.82, 2.24) is 14.6 Å². The van der Waals surface area contributed by atoms with E-state index in [0.29, 0.717) is 11.6 Å². The molecule has 90 valence electrons. The van der Waals surface area contributed by atoms with Crippen LogP contribution in [-0.4, -0.2) is 14.6 Å². The number of fused-ring (bicyclic) bond motifs is 1. The number of rotatable bonds is 2. The van der Waals surface area contributed by atoms with Crippen LogP contribution in [0.4, 0.5) is 0 Å². The lowest BCUT2D eigenvalue weighted by molar-refractivity contribution is 0.946. The minimum absolute atomic E-state index is 0.433. The number of nitrogens with zero attached hydrogens (tertiary/aromatic N) is 3. The molecule has 0 bridgehead atoms. The predicted molar refractivity (Wildman–Crippen MR) is 71.3 cm³/mol. The van der Waals surface area contributed by atoms with Gasteiger partial charge in [0.05, 0.1) is 0 Å². The van der Waals surface area contributed by atoms with Crippen molar-refractivity contribution in [3.05, 3.63) is 53.2 Å². The van der Waals surface area contributed by atoms with Gasteiger partial charge in [-0.1, -0.05) is 29.8 Å². The van der Waals surface area contributed by atoms with Gasteiger partial charge in [-0.05, 0) is 24.3 Å². The normalized spacial score (nSPS) is 11.0. The minimum Gasteiger partial charge on any atom is -0.325 e. The van der Waals surface area contributed by atoms with E-state index in [-0.39, 0.29) is 0 Å². The maximum absolute atomic E-state index is 6.00. The van der Waals surface area contributed by atoms with Crippen LogP contribution in [-0.2, 0) is 6.54 Å². The van der Waals surface area contributed by atoms with Gasteiger partial charge in [0.15, 0.2) is 11.5 Å².